The van der Waals surface area contributed by atoms with Gasteiger partial charge in [-0.25, -0.2) is 4.79 Å². The van der Waals surface area contributed by atoms with Gasteiger partial charge in [0.15, 0.2) is 0 Å². The number of carbonyl (C=O) groups is 2. The van der Waals surface area contributed by atoms with Crippen molar-refractivity contribution in [2.45, 2.75) is 45.4 Å². The summed E-state index contributed by atoms with van der Waals surface area (Å²) >= 11 is 0. The molecule has 0 aromatic heterocycles. The van der Waals surface area contributed by atoms with Crippen LogP contribution < -0.4 is 10.1 Å². The number of ether oxygens (including phenoxy) is 2. The summed E-state index contributed by atoms with van der Waals surface area (Å²) in [6, 6.07) is 16.3. The Balaban J connectivity index is 1.96. The number of benzene rings is 2. The Hall–Kier alpha value is -2.86. The van der Waals surface area contributed by atoms with Crippen LogP contribution in [-0.4, -0.2) is 36.2 Å². The van der Waals surface area contributed by atoms with Crippen molar-refractivity contribution in [2.75, 3.05) is 7.11 Å². The predicted molar refractivity (Wildman–Crippen MR) is 110 cm³/mol. The van der Waals surface area contributed by atoms with E-state index < -0.39 is 24.0 Å². The molecule has 2 N–H and O–H groups in total. The fourth-order valence-corrected chi connectivity index (χ4v) is 2.86. The fourth-order valence-electron chi connectivity index (χ4n) is 2.86. The van der Waals surface area contributed by atoms with E-state index in [0.717, 1.165) is 11.1 Å². The smallest absolute Gasteiger partial charge is 0.328 e. The molecule has 0 heterocycles. The van der Waals surface area contributed by atoms with Crippen molar-refractivity contribution < 1.29 is 24.2 Å². The predicted octanol–water partition coefficient (Wildman–Crippen LogP) is 2.87. The van der Waals surface area contributed by atoms with Crippen LogP contribution in [0.4, 0.5) is 0 Å². The molecule has 156 valence electrons. The maximum absolute atomic E-state index is 12.2. The SMILES string of the molecule is COC(=O)[C@H](Cc1ccc(OCc2ccccc2)cc1)NC(=O)[C@@H](O)CC(C)C. The summed E-state index contributed by atoms with van der Waals surface area (Å²) in [4.78, 5) is 24.3. The number of aliphatic hydroxyl groups excluding tert-OH is 1. The molecule has 29 heavy (non-hydrogen) atoms. The van der Waals surface area contributed by atoms with Gasteiger partial charge in [0.05, 0.1) is 7.11 Å². The summed E-state index contributed by atoms with van der Waals surface area (Å²) in [5.74, 6) is -0.254. The maximum atomic E-state index is 12.2. The lowest BCUT2D eigenvalue weighted by Gasteiger charge is -2.20. The molecule has 0 aliphatic rings. The first-order valence-electron chi connectivity index (χ1n) is 9.71. The largest absolute Gasteiger partial charge is 0.489 e. The lowest BCUT2D eigenvalue weighted by molar-refractivity contribution is -0.146. The van der Waals surface area contributed by atoms with Gasteiger partial charge in [-0.2, -0.15) is 0 Å². The minimum Gasteiger partial charge on any atom is -0.489 e. The lowest BCUT2D eigenvalue weighted by atomic mass is 10.0. The van der Waals surface area contributed by atoms with Crippen molar-refractivity contribution in [3.8, 4) is 5.75 Å². The zero-order chi connectivity index (χ0) is 21.2. The molecule has 6 nitrogen and oxygen atoms in total. The van der Waals surface area contributed by atoms with E-state index in [1.165, 1.54) is 7.11 Å². The van der Waals surface area contributed by atoms with Gasteiger partial charge in [0.2, 0.25) is 5.91 Å². The van der Waals surface area contributed by atoms with Crippen LogP contribution in [0, 0.1) is 5.92 Å². The van der Waals surface area contributed by atoms with E-state index in [-0.39, 0.29) is 12.3 Å². The second-order valence-corrected chi connectivity index (χ2v) is 7.35. The molecule has 2 rings (SSSR count). The number of amides is 1. The Kier molecular flexibility index (Phi) is 8.68. The normalized spacial score (nSPS) is 12.9. The molecule has 0 aliphatic heterocycles. The van der Waals surface area contributed by atoms with E-state index >= 15 is 0 Å². The molecule has 0 aliphatic carbocycles. The second kappa shape index (κ2) is 11.2. The number of carbonyl (C=O) groups excluding carboxylic acids is 2. The van der Waals surface area contributed by atoms with E-state index in [2.05, 4.69) is 5.32 Å². The van der Waals surface area contributed by atoms with E-state index in [1.807, 2.05) is 68.4 Å². The molecular formula is C23H29NO5. The molecule has 2 atom stereocenters. The van der Waals surface area contributed by atoms with Crippen LogP contribution in [0.1, 0.15) is 31.4 Å². The molecule has 0 bridgehead atoms. The van der Waals surface area contributed by atoms with E-state index in [1.54, 1.807) is 0 Å². The molecule has 0 radical (unpaired) electrons. The number of methoxy groups -OCH3 is 1. The highest BCUT2D eigenvalue weighted by atomic mass is 16.5. The molecule has 0 saturated heterocycles. The summed E-state index contributed by atoms with van der Waals surface area (Å²) < 4.78 is 10.6. The monoisotopic (exact) mass is 399 g/mol. The van der Waals surface area contributed by atoms with Crippen molar-refractivity contribution in [3.63, 3.8) is 0 Å². The number of nitrogens with one attached hydrogen (secondary N) is 1. The molecule has 0 spiro atoms. The Morgan fingerprint density at radius 2 is 1.66 bits per heavy atom. The number of hydrogen-bond acceptors (Lipinski definition) is 5. The second-order valence-electron chi connectivity index (χ2n) is 7.35. The molecule has 2 aromatic rings. The molecule has 6 heteroatoms. The highest BCUT2D eigenvalue weighted by Gasteiger charge is 2.25. The van der Waals surface area contributed by atoms with Crippen molar-refractivity contribution >= 4 is 11.9 Å². The van der Waals surface area contributed by atoms with Gasteiger partial charge >= 0.3 is 5.97 Å². The quantitative estimate of drug-likeness (QED) is 0.600. The first-order valence-corrected chi connectivity index (χ1v) is 9.71. The summed E-state index contributed by atoms with van der Waals surface area (Å²) in [5, 5.41) is 12.6. The van der Waals surface area contributed by atoms with Crippen LogP contribution >= 0.6 is 0 Å². The Labute approximate surface area is 171 Å². The average molecular weight is 399 g/mol. The van der Waals surface area contributed by atoms with Gasteiger partial charge in [0.1, 0.15) is 24.5 Å². The number of rotatable bonds is 10. The first-order chi connectivity index (χ1) is 13.9. The highest BCUT2D eigenvalue weighted by Crippen LogP contribution is 2.16. The number of aliphatic hydroxyl groups is 1. The topological polar surface area (TPSA) is 84.9 Å². The van der Waals surface area contributed by atoms with Crippen molar-refractivity contribution in [1.29, 1.82) is 0 Å². The van der Waals surface area contributed by atoms with Crippen molar-refractivity contribution in [2.24, 2.45) is 5.92 Å². The van der Waals surface area contributed by atoms with Gasteiger partial charge in [-0.05, 0) is 35.6 Å². The zero-order valence-corrected chi connectivity index (χ0v) is 17.1. The van der Waals surface area contributed by atoms with Gasteiger partial charge in [-0.1, -0.05) is 56.3 Å². The zero-order valence-electron chi connectivity index (χ0n) is 17.1. The van der Waals surface area contributed by atoms with Gasteiger partial charge in [0.25, 0.3) is 0 Å². The Morgan fingerprint density at radius 3 is 2.24 bits per heavy atom. The Bertz CT molecular complexity index is 774. The fraction of sp³-hybridized carbons (Fsp3) is 0.391. The average Bonchev–Trinajstić information content (AvgIpc) is 2.72. The first kappa shape index (κ1) is 22.4. The van der Waals surface area contributed by atoms with Crippen LogP contribution in [0.2, 0.25) is 0 Å². The summed E-state index contributed by atoms with van der Waals surface area (Å²) in [6.45, 7) is 4.29. The molecule has 0 unspecified atom stereocenters. The van der Waals surface area contributed by atoms with Crippen LogP contribution in [0.5, 0.6) is 5.75 Å². The number of esters is 1. The van der Waals surface area contributed by atoms with Gasteiger partial charge in [-0.15, -0.1) is 0 Å². The summed E-state index contributed by atoms with van der Waals surface area (Å²) in [7, 11) is 1.27. The van der Waals surface area contributed by atoms with E-state index in [0.29, 0.717) is 18.8 Å². The standard InChI is InChI=1S/C23H29NO5/c1-16(2)13-21(25)22(26)24-20(23(27)28-3)14-17-9-11-19(12-10-17)29-15-18-7-5-4-6-8-18/h4-12,16,20-21,25H,13-15H2,1-3H3,(H,24,26)/t20-,21-/m0/s1. The molecule has 1 amide bonds. The minimum absolute atomic E-state index is 0.163. The maximum Gasteiger partial charge on any atom is 0.328 e. The van der Waals surface area contributed by atoms with Gasteiger partial charge in [-0.3, -0.25) is 4.79 Å². The van der Waals surface area contributed by atoms with Crippen LogP contribution in [0.15, 0.2) is 54.6 Å². The third-order valence-corrected chi connectivity index (χ3v) is 4.41. The van der Waals surface area contributed by atoms with Crippen LogP contribution in [0.25, 0.3) is 0 Å². The minimum atomic E-state index is -1.16. The van der Waals surface area contributed by atoms with Crippen LogP contribution in [0.3, 0.4) is 0 Å². The van der Waals surface area contributed by atoms with Crippen molar-refractivity contribution in [1.82, 2.24) is 5.32 Å². The molecular weight excluding hydrogens is 370 g/mol. The van der Waals surface area contributed by atoms with Crippen molar-refractivity contribution in [3.05, 3.63) is 65.7 Å². The lowest BCUT2D eigenvalue weighted by Crippen LogP contribution is -2.47. The summed E-state index contributed by atoms with van der Waals surface area (Å²) in [6.07, 6.45) is -0.574. The van der Waals surface area contributed by atoms with Gasteiger partial charge < -0.3 is 19.9 Å². The third kappa shape index (κ3) is 7.58. The van der Waals surface area contributed by atoms with E-state index in [9.17, 15) is 14.7 Å². The van der Waals surface area contributed by atoms with E-state index in [4.69, 9.17) is 9.47 Å². The van der Waals surface area contributed by atoms with Crippen LogP contribution in [-0.2, 0) is 27.4 Å². The summed E-state index contributed by atoms with van der Waals surface area (Å²) in [5.41, 5.74) is 1.91. The molecule has 0 fully saturated rings. The third-order valence-electron chi connectivity index (χ3n) is 4.41. The molecule has 2 aromatic carbocycles. The molecule has 0 saturated carbocycles. The van der Waals surface area contributed by atoms with Gasteiger partial charge in [0, 0.05) is 6.42 Å². The highest BCUT2D eigenvalue weighted by molar-refractivity contribution is 5.87. The number of hydrogen-bond donors (Lipinski definition) is 2. The Morgan fingerprint density at radius 1 is 1.00 bits per heavy atom.